The van der Waals surface area contributed by atoms with E-state index in [1.165, 1.54) is 56.1 Å². The molecule has 3 fully saturated rings. The van der Waals surface area contributed by atoms with E-state index < -0.39 is 0 Å². The summed E-state index contributed by atoms with van der Waals surface area (Å²) in [6.07, 6.45) is 16.8. The van der Waals surface area contributed by atoms with Gasteiger partial charge in [0.15, 0.2) is 0 Å². The van der Waals surface area contributed by atoms with Gasteiger partial charge in [-0.05, 0) is 91.9 Å². The molecular weight excluding hydrogens is 352 g/mol. The summed E-state index contributed by atoms with van der Waals surface area (Å²) in [5, 5.41) is 10.0. The van der Waals surface area contributed by atoms with Gasteiger partial charge in [0.25, 0.3) is 0 Å². The molecule has 0 aliphatic heterocycles. The van der Waals surface area contributed by atoms with Crippen LogP contribution in [-0.4, -0.2) is 11.2 Å². The predicted octanol–water partition coefficient (Wildman–Crippen LogP) is 7.87. The molecule has 0 aromatic carbocycles. The van der Waals surface area contributed by atoms with Gasteiger partial charge in [0.2, 0.25) is 0 Å². The maximum absolute atomic E-state index is 10.0. The van der Waals surface area contributed by atoms with E-state index in [0.29, 0.717) is 5.41 Å². The topological polar surface area (TPSA) is 20.2 Å². The molecule has 0 spiro atoms. The Morgan fingerprint density at radius 3 is 2.55 bits per heavy atom. The van der Waals surface area contributed by atoms with Gasteiger partial charge in [-0.2, -0.15) is 0 Å². The summed E-state index contributed by atoms with van der Waals surface area (Å²) in [4.78, 5) is 0. The van der Waals surface area contributed by atoms with Crippen LogP contribution in [0.2, 0.25) is 0 Å². The monoisotopic (exact) mass is 398 g/mol. The Hall–Kier alpha value is -0.820. The van der Waals surface area contributed by atoms with Gasteiger partial charge in [0.1, 0.15) is 0 Å². The quantitative estimate of drug-likeness (QED) is 0.482. The average Bonchev–Trinajstić information content (AvgIpc) is 3.04. The fraction of sp³-hybridized carbons (Fsp3) is 0.786. The van der Waals surface area contributed by atoms with Crippen LogP contribution in [0, 0.1) is 35.0 Å². The minimum absolute atomic E-state index is 0.174. The zero-order chi connectivity index (χ0) is 21.2. The molecule has 1 nitrogen and oxygen atoms in total. The summed E-state index contributed by atoms with van der Waals surface area (Å²) < 4.78 is 0. The van der Waals surface area contributed by atoms with E-state index in [1.807, 2.05) is 0 Å². The minimum atomic E-state index is -0.174. The van der Waals surface area contributed by atoms with E-state index in [1.54, 1.807) is 5.57 Å². The molecule has 0 heterocycles. The Morgan fingerprint density at radius 2 is 1.83 bits per heavy atom. The zero-order valence-corrected chi connectivity index (χ0v) is 19.8. The fourth-order valence-electron chi connectivity index (χ4n) is 6.67. The summed E-state index contributed by atoms with van der Waals surface area (Å²) in [7, 11) is 0. The van der Waals surface area contributed by atoms with Crippen LogP contribution in [0.25, 0.3) is 0 Å². The molecule has 0 amide bonds. The Bertz CT molecular complexity index is 639. The lowest BCUT2D eigenvalue weighted by Crippen LogP contribution is -2.36. The number of aliphatic hydroxyl groups excluding tert-OH is 1. The minimum Gasteiger partial charge on any atom is -0.393 e. The molecule has 3 saturated carbocycles. The molecule has 164 valence electrons. The Kier molecular flexibility index (Phi) is 7.52. The number of rotatable bonds is 6. The summed E-state index contributed by atoms with van der Waals surface area (Å²) in [5.74, 6) is 4.14. The number of aliphatic hydroxyl groups is 1. The molecule has 1 unspecified atom stereocenters. The Balaban J connectivity index is 1.70. The van der Waals surface area contributed by atoms with Crippen molar-refractivity contribution >= 4 is 0 Å². The smallest absolute Gasteiger partial charge is 0.0583 e. The third kappa shape index (κ3) is 5.09. The number of fused-ring (bicyclic) bond motifs is 1. The van der Waals surface area contributed by atoms with Crippen LogP contribution in [0.4, 0.5) is 0 Å². The SMILES string of the molecule is C=C1CCC(O)C/C1=C/C=C1\CCC[C@]2(C)[C@@H]([C@H](C)CC[C@H](C)C(C)C)CC[C@@H]12. The van der Waals surface area contributed by atoms with Crippen molar-refractivity contribution in [1.82, 2.24) is 0 Å². The zero-order valence-electron chi connectivity index (χ0n) is 19.8. The van der Waals surface area contributed by atoms with Crippen LogP contribution in [0.1, 0.15) is 98.8 Å². The first-order valence-corrected chi connectivity index (χ1v) is 12.5. The van der Waals surface area contributed by atoms with E-state index in [2.05, 4.69) is 53.3 Å². The standard InChI is InChI=1S/C28H46O/c1-19(2)20(3)9-10-22(5)26-15-16-27-23(8-7-17-28(26,27)6)12-13-24-18-25(29)14-11-21(24)4/h12-13,19-20,22,25-27,29H,4,7-11,14-18H2,1-3,5-6H3/b23-12+,24-13-/t20-,22+,25?,26+,27-,28+/m0/s1. The molecule has 0 radical (unpaired) electrons. The Labute approximate surface area is 180 Å². The third-order valence-electron chi connectivity index (χ3n) is 9.13. The third-order valence-corrected chi connectivity index (χ3v) is 9.13. The first-order valence-electron chi connectivity index (χ1n) is 12.5. The van der Waals surface area contributed by atoms with E-state index >= 15 is 0 Å². The molecule has 0 saturated heterocycles. The van der Waals surface area contributed by atoms with E-state index in [0.717, 1.165) is 48.9 Å². The predicted molar refractivity (Wildman–Crippen MR) is 126 cm³/mol. The molecule has 1 N–H and O–H groups in total. The second-order valence-electron chi connectivity index (χ2n) is 11.3. The van der Waals surface area contributed by atoms with Gasteiger partial charge in [0.05, 0.1) is 6.10 Å². The average molecular weight is 399 g/mol. The van der Waals surface area contributed by atoms with Crippen LogP contribution >= 0.6 is 0 Å². The summed E-state index contributed by atoms with van der Waals surface area (Å²) >= 11 is 0. The first-order chi connectivity index (χ1) is 13.7. The maximum atomic E-state index is 10.0. The van der Waals surface area contributed by atoms with E-state index in [9.17, 15) is 5.11 Å². The summed E-state index contributed by atoms with van der Waals surface area (Å²) in [6.45, 7) is 16.6. The Morgan fingerprint density at radius 1 is 1.07 bits per heavy atom. The lowest BCUT2D eigenvalue weighted by molar-refractivity contribution is 0.0907. The van der Waals surface area contributed by atoms with Crippen molar-refractivity contribution in [3.63, 3.8) is 0 Å². The van der Waals surface area contributed by atoms with Crippen molar-refractivity contribution in [3.8, 4) is 0 Å². The summed E-state index contributed by atoms with van der Waals surface area (Å²) in [6, 6.07) is 0. The molecule has 3 rings (SSSR count). The van der Waals surface area contributed by atoms with Gasteiger partial charge in [-0.25, -0.2) is 0 Å². The number of hydrogen-bond acceptors (Lipinski definition) is 1. The van der Waals surface area contributed by atoms with Gasteiger partial charge in [-0.15, -0.1) is 0 Å². The van der Waals surface area contributed by atoms with E-state index in [4.69, 9.17) is 0 Å². The van der Waals surface area contributed by atoms with Crippen molar-refractivity contribution < 1.29 is 5.11 Å². The van der Waals surface area contributed by atoms with Crippen molar-refractivity contribution in [2.75, 3.05) is 0 Å². The first kappa shape index (κ1) is 22.9. The molecule has 3 aliphatic rings. The molecule has 3 aliphatic carbocycles. The van der Waals surface area contributed by atoms with Crippen LogP contribution in [-0.2, 0) is 0 Å². The lowest BCUT2D eigenvalue weighted by atomic mass is 9.60. The molecule has 0 aromatic heterocycles. The normalized spacial score (nSPS) is 37.9. The van der Waals surface area contributed by atoms with Crippen LogP contribution in [0.5, 0.6) is 0 Å². The molecule has 0 bridgehead atoms. The van der Waals surface area contributed by atoms with Crippen LogP contribution in [0.15, 0.2) is 35.5 Å². The largest absolute Gasteiger partial charge is 0.393 e. The highest BCUT2D eigenvalue weighted by Gasteiger charge is 2.50. The van der Waals surface area contributed by atoms with Crippen LogP contribution in [0.3, 0.4) is 0 Å². The van der Waals surface area contributed by atoms with Gasteiger partial charge < -0.3 is 5.11 Å². The molecular formula is C28H46O. The van der Waals surface area contributed by atoms with Gasteiger partial charge in [-0.1, -0.05) is 77.3 Å². The van der Waals surface area contributed by atoms with Gasteiger partial charge in [0, 0.05) is 0 Å². The molecule has 29 heavy (non-hydrogen) atoms. The van der Waals surface area contributed by atoms with Crippen molar-refractivity contribution in [2.24, 2.45) is 35.0 Å². The highest BCUT2D eigenvalue weighted by molar-refractivity contribution is 5.36. The van der Waals surface area contributed by atoms with Gasteiger partial charge >= 0.3 is 0 Å². The number of hydrogen-bond donors (Lipinski definition) is 1. The lowest BCUT2D eigenvalue weighted by Gasteiger charge is -2.44. The second kappa shape index (κ2) is 9.54. The van der Waals surface area contributed by atoms with Crippen molar-refractivity contribution in [3.05, 3.63) is 35.5 Å². The summed E-state index contributed by atoms with van der Waals surface area (Å²) in [5.41, 5.74) is 4.70. The molecule has 6 atom stereocenters. The van der Waals surface area contributed by atoms with E-state index in [-0.39, 0.29) is 6.10 Å². The maximum Gasteiger partial charge on any atom is 0.0583 e. The molecule has 1 heteroatoms. The number of allylic oxidation sites excluding steroid dienone is 4. The second-order valence-corrected chi connectivity index (χ2v) is 11.3. The van der Waals surface area contributed by atoms with Crippen molar-refractivity contribution in [1.29, 1.82) is 0 Å². The van der Waals surface area contributed by atoms with Crippen LogP contribution < -0.4 is 0 Å². The van der Waals surface area contributed by atoms with Gasteiger partial charge in [-0.3, -0.25) is 0 Å². The van der Waals surface area contributed by atoms with Crippen molar-refractivity contribution in [2.45, 2.75) is 105 Å². The fourth-order valence-corrected chi connectivity index (χ4v) is 6.67. The highest BCUT2D eigenvalue weighted by Crippen LogP contribution is 2.60. The molecule has 0 aromatic rings. The highest BCUT2D eigenvalue weighted by atomic mass is 16.3.